The van der Waals surface area contributed by atoms with Gasteiger partial charge in [-0.05, 0) is 30.3 Å². The molecule has 0 saturated heterocycles. The van der Waals surface area contributed by atoms with Gasteiger partial charge in [0.1, 0.15) is 5.82 Å². The molecule has 0 spiro atoms. The second-order valence-electron chi connectivity index (χ2n) is 6.85. The summed E-state index contributed by atoms with van der Waals surface area (Å²) in [5, 5.41) is 0. The normalized spacial score (nSPS) is 14.2. The highest BCUT2D eigenvalue weighted by Crippen LogP contribution is 2.31. The van der Waals surface area contributed by atoms with Crippen molar-refractivity contribution in [2.75, 3.05) is 6.54 Å². The molecule has 3 aromatic heterocycles. The first kappa shape index (κ1) is 17.3. The zero-order valence-corrected chi connectivity index (χ0v) is 16.0. The molecule has 0 unspecified atom stereocenters. The molecule has 140 valence electrons. The number of furan rings is 1. The standard InChI is InChI=1S/C22H18FN3OS/c23-18-5-2-1-4-17(18)21-8-7-16(28-21)14-26-10-9-19-15(13-26)12-24-22(25-19)20-6-3-11-27-20/h1-8,11-12H,9-10,13-14H2. The van der Waals surface area contributed by atoms with Crippen LogP contribution in [0.15, 0.2) is 65.4 Å². The van der Waals surface area contributed by atoms with Crippen LogP contribution < -0.4 is 0 Å². The maximum atomic E-state index is 14.0. The Hall–Kier alpha value is -2.83. The Balaban J connectivity index is 1.30. The number of hydrogen-bond acceptors (Lipinski definition) is 5. The second kappa shape index (κ2) is 7.30. The van der Waals surface area contributed by atoms with Crippen LogP contribution in [-0.4, -0.2) is 21.4 Å². The van der Waals surface area contributed by atoms with Crippen molar-refractivity contribution >= 4 is 11.3 Å². The first-order chi connectivity index (χ1) is 13.8. The molecule has 0 radical (unpaired) electrons. The first-order valence-electron chi connectivity index (χ1n) is 9.21. The van der Waals surface area contributed by atoms with Crippen LogP contribution in [0.2, 0.25) is 0 Å². The molecule has 1 aliphatic heterocycles. The lowest BCUT2D eigenvalue weighted by Crippen LogP contribution is -2.30. The molecule has 0 bridgehead atoms. The molecule has 0 fully saturated rings. The van der Waals surface area contributed by atoms with Gasteiger partial charge < -0.3 is 4.42 Å². The van der Waals surface area contributed by atoms with Crippen LogP contribution in [-0.2, 0) is 19.5 Å². The third kappa shape index (κ3) is 3.37. The summed E-state index contributed by atoms with van der Waals surface area (Å²) in [6.45, 7) is 2.60. The summed E-state index contributed by atoms with van der Waals surface area (Å²) in [6.07, 6.45) is 4.43. The second-order valence-corrected chi connectivity index (χ2v) is 8.02. The SMILES string of the molecule is Fc1ccccc1-c1ccc(CN2CCc3nc(-c4ccco4)ncc3C2)s1. The number of rotatable bonds is 4. The molecule has 1 aliphatic rings. The average Bonchev–Trinajstić information content (AvgIpc) is 3.40. The highest BCUT2D eigenvalue weighted by molar-refractivity contribution is 7.15. The largest absolute Gasteiger partial charge is 0.461 e. The molecule has 6 heteroatoms. The summed E-state index contributed by atoms with van der Waals surface area (Å²) >= 11 is 1.65. The lowest BCUT2D eigenvalue weighted by molar-refractivity contribution is 0.245. The molecule has 0 amide bonds. The van der Waals surface area contributed by atoms with Gasteiger partial charge in [0.05, 0.1) is 12.0 Å². The third-order valence-corrected chi connectivity index (χ3v) is 6.04. The Labute approximate surface area is 166 Å². The topological polar surface area (TPSA) is 42.2 Å². The number of halogens is 1. The van der Waals surface area contributed by atoms with Crippen LogP contribution in [0.5, 0.6) is 0 Å². The van der Waals surface area contributed by atoms with Gasteiger partial charge in [0.15, 0.2) is 11.6 Å². The maximum absolute atomic E-state index is 14.0. The van der Waals surface area contributed by atoms with E-state index in [9.17, 15) is 4.39 Å². The predicted molar refractivity (Wildman–Crippen MR) is 107 cm³/mol. The minimum atomic E-state index is -0.174. The van der Waals surface area contributed by atoms with Crippen molar-refractivity contribution in [2.24, 2.45) is 0 Å². The van der Waals surface area contributed by atoms with Gasteiger partial charge in [-0.15, -0.1) is 11.3 Å². The van der Waals surface area contributed by atoms with E-state index in [-0.39, 0.29) is 5.82 Å². The van der Waals surface area contributed by atoms with Gasteiger partial charge in [-0.2, -0.15) is 0 Å². The Morgan fingerprint density at radius 3 is 2.89 bits per heavy atom. The average molecular weight is 391 g/mol. The molecule has 0 aliphatic carbocycles. The molecule has 4 heterocycles. The summed E-state index contributed by atoms with van der Waals surface area (Å²) in [7, 11) is 0. The summed E-state index contributed by atoms with van der Waals surface area (Å²) in [4.78, 5) is 13.7. The smallest absolute Gasteiger partial charge is 0.195 e. The van der Waals surface area contributed by atoms with Crippen molar-refractivity contribution in [3.8, 4) is 22.0 Å². The van der Waals surface area contributed by atoms with Crippen molar-refractivity contribution in [1.82, 2.24) is 14.9 Å². The monoisotopic (exact) mass is 391 g/mol. The van der Waals surface area contributed by atoms with E-state index in [2.05, 4.69) is 20.9 Å². The van der Waals surface area contributed by atoms with Crippen LogP contribution in [0.25, 0.3) is 22.0 Å². The fourth-order valence-corrected chi connectivity index (χ4v) is 4.60. The summed E-state index contributed by atoms with van der Waals surface area (Å²) in [5.74, 6) is 1.17. The third-order valence-electron chi connectivity index (χ3n) is 4.93. The molecule has 4 nitrogen and oxygen atoms in total. The maximum Gasteiger partial charge on any atom is 0.195 e. The molecule has 1 aromatic carbocycles. The van der Waals surface area contributed by atoms with Gasteiger partial charge in [-0.25, -0.2) is 14.4 Å². The van der Waals surface area contributed by atoms with Gasteiger partial charge in [-0.3, -0.25) is 4.90 Å². The van der Waals surface area contributed by atoms with E-state index in [0.717, 1.165) is 42.2 Å². The van der Waals surface area contributed by atoms with E-state index in [1.54, 1.807) is 23.7 Å². The lowest BCUT2D eigenvalue weighted by Gasteiger charge is -2.27. The Morgan fingerprint density at radius 1 is 1.11 bits per heavy atom. The molecule has 28 heavy (non-hydrogen) atoms. The van der Waals surface area contributed by atoms with E-state index in [0.29, 0.717) is 17.1 Å². The number of fused-ring (bicyclic) bond motifs is 1. The molecular weight excluding hydrogens is 373 g/mol. The van der Waals surface area contributed by atoms with Gasteiger partial charge in [0.2, 0.25) is 0 Å². The predicted octanol–water partition coefficient (Wildman–Crippen LogP) is 5.16. The number of nitrogens with zero attached hydrogens (tertiary/aromatic N) is 3. The molecule has 4 aromatic rings. The summed E-state index contributed by atoms with van der Waals surface area (Å²) in [6, 6.07) is 14.8. The fraction of sp³-hybridized carbons (Fsp3) is 0.182. The van der Waals surface area contributed by atoms with E-state index >= 15 is 0 Å². The van der Waals surface area contributed by atoms with Crippen LogP contribution >= 0.6 is 11.3 Å². The van der Waals surface area contributed by atoms with Gasteiger partial charge in [-0.1, -0.05) is 18.2 Å². The van der Waals surface area contributed by atoms with E-state index < -0.39 is 0 Å². The van der Waals surface area contributed by atoms with Gasteiger partial charge in [0, 0.05) is 53.1 Å². The van der Waals surface area contributed by atoms with Crippen molar-refractivity contribution in [3.63, 3.8) is 0 Å². The highest BCUT2D eigenvalue weighted by Gasteiger charge is 2.20. The zero-order chi connectivity index (χ0) is 18.9. The van der Waals surface area contributed by atoms with E-state index in [1.807, 2.05) is 36.5 Å². The highest BCUT2D eigenvalue weighted by atomic mass is 32.1. The zero-order valence-electron chi connectivity index (χ0n) is 15.1. The van der Waals surface area contributed by atoms with E-state index in [1.165, 1.54) is 10.9 Å². The number of thiophene rings is 1. The van der Waals surface area contributed by atoms with Crippen LogP contribution in [0.1, 0.15) is 16.1 Å². The Kier molecular flexibility index (Phi) is 4.50. The number of aromatic nitrogens is 2. The van der Waals surface area contributed by atoms with Crippen molar-refractivity contribution in [3.05, 3.63) is 82.9 Å². The van der Waals surface area contributed by atoms with Gasteiger partial charge in [0.25, 0.3) is 0 Å². The molecule has 0 N–H and O–H groups in total. The molecule has 5 rings (SSSR count). The minimum absolute atomic E-state index is 0.174. The van der Waals surface area contributed by atoms with Crippen molar-refractivity contribution in [2.45, 2.75) is 19.5 Å². The number of benzene rings is 1. The lowest BCUT2D eigenvalue weighted by atomic mass is 10.1. The van der Waals surface area contributed by atoms with Crippen LogP contribution in [0.3, 0.4) is 0 Å². The van der Waals surface area contributed by atoms with Crippen LogP contribution in [0, 0.1) is 5.82 Å². The van der Waals surface area contributed by atoms with Gasteiger partial charge >= 0.3 is 0 Å². The van der Waals surface area contributed by atoms with Crippen molar-refractivity contribution < 1.29 is 8.81 Å². The van der Waals surface area contributed by atoms with Crippen LogP contribution in [0.4, 0.5) is 4.39 Å². The summed E-state index contributed by atoms with van der Waals surface area (Å²) in [5.41, 5.74) is 2.92. The molecular formula is C22H18FN3OS. The molecule has 0 saturated carbocycles. The minimum Gasteiger partial charge on any atom is -0.461 e. The first-order valence-corrected chi connectivity index (χ1v) is 10.0. The van der Waals surface area contributed by atoms with Crippen molar-refractivity contribution in [1.29, 1.82) is 0 Å². The molecule has 0 atom stereocenters. The van der Waals surface area contributed by atoms with E-state index in [4.69, 9.17) is 4.42 Å². The fourth-order valence-electron chi connectivity index (χ4n) is 3.52. The Bertz CT molecular complexity index is 1110. The quantitative estimate of drug-likeness (QED) is 0.482. The summed E-state index contributed by atoms with van der Waals surface area (Å²) < 4.78 is 19.4. The number of hydrogen-bond donors (Lipinski definition) is 0. The Morgan fingerprint density at radius 2 is 2.04 bits per heavy atom.